The third-order valence-electron chi connectivity index (χ3n) is 4.14. The molecule has 1 aliphatic heterocycles. The SMILES string of the molecule is Cc1cc(-c2ccccc2)cc2c1OC[N+](c1ccccc1)=C2. The third-order valence-corrected chi connectivity index (χ3v) is 4.14. The molecular formula is C21H18NO+. The normalized spacial score (nSPS) is 13.0. The smallest absolute Gasteiger partial charge is 0.292 e. The molecule has 0 fully saturated rings. The molecule has 0 saturated heterocycles. The molecular weight excluding hydrogens is 282 g/mol. The average molecular weight is 300 g/mol. The topological polar surface area (TPSA) is 12.2 Å². The Morgan fingerprint density at radius 3 is 2.26 bits per heavy atom. The Bertz CT molecular complexity index is 867. The number of hydrogen-bond donors (Lipinski definition) is 0. The molecule has 0 aliphatic carbocycles. The van der Waals surface area contributed by atoms with Gasteiger partial charge in [-0.25, -0.2) is 0 Å². The highest BCUT2D eigenvalue weighted by Crippen LogP contribution is 2.32. The summed E-state index contributed by atoms with van der Waals surface area (Å²) in [5, 5.41) is 0. The molecule has 1 heterocycles. The van der Waals surface area contributed by atoms with E-state index in [4.69, 9.17) is 4.74 Å². The Morgan fingerprint density at radius 2 is 1.52 bits per heavy atom. The zero-order chi connectivity index (χ0) is 15.6. The van der Waals surface area contributed by atoms with Crippen molar-refractivity contribution in [3.05, 3.63) is 83.9 Å². The van der Waals surface area contributed by atoms with Crippen LogP contribution in [-0.2, 0) is 0 Å². The summed E-state index contributed by atoms with van der Waals surface area (Å²) in [6.07, 6.45) is 2.17. The standard InChI is InChI=1S/C21H18NO/c1-16-12-18(17-8-4-2-5-9-17)13-19-14-22(15-23-21(16)19)20-10-6-3-7-11-20/h2-14H,15H2,1H3/q+1. The zero-order valence-electron chi connectivity index (χ0n) is 13.1. The van der Waals surface area contributed by atoms with Crippen molar-refractivity contribution in [3.8, 4) is 16.9 Å². The minimum Gasteiger partial charge on any atom is -0.435 e. The first kappa shape index (κ1) is 13.8. The third kappa shape index (κ3) is 2.64. The van der Waals surface area contributed by atoms with E-state index in [0.717, 1.165) is 17.0 Å². The van der Waals surface area contributed by atoms with Gasteiger partial charge in [-0.1, -0.05) is 48.5 Å². The second kappa shape index (κ2) is 5.73. The lowest BCUT2D eigenvalue weighted by atomic mass is 9.99. The summed E-state index contributed by atoms with van der Waals surface area (Å²) in [6.45, 7) is 2.65. The fraction of sp³-hybridized carbons (Fsp3) is 0.0952. The van der Waals surface area contributed by atoms with Crippen LogP contribution < -0.4 is 4.74 Å². The van der Waals surface area contributed by atoms with Gasteiger partial charge in [-0.2, -0.15) is 4.58 Å². The second-order valence-electron chi connectivity index (χ2n) is 5.79. The monoisotopic (exact) mass is 300 g/mol. The van der Waals surface area contributed by atoms with Crippen molar-refractivity contribution in [1.29, 1.82) is 0 Å². The number of para-hydroxylation sites is 1. The number of ether oxygens (including phenoxy) is 1. The number of aryl methyl sites for hydroxylation is 1. The van der Waals surface area contributed by atoms with Crippen LogP contribution in [0.25, 0.3) is 11.1 Å². The molecule has 0 unspecified atom stereocenters. The summed E-state index contributed by atoms with van der Waals surface area (Å²) in [6, 6.07) is 25.2. The number of fused-ring (bicyclic) bond motifs is 1. The average Bonchev–Trinajstić information content (AvgIpc) is 2.63. The molecule has 0 bridgehead atoms. The van der Waals surface area contributed by atoms with E-state index in [0.29, 0.717) is 6.73 Å². The molecule has 0 radical (unpaired) electrons. The van der Waals surface area contributed by atoms with Crippen molar-refractivity contribution in [2.24, 2.45) is 0 Å². The lowest BCUT2D eigenvalue weighted by molar-refractivity contribution is -0.476. The van der Waals surface area contributed by atoms with E-state index in [1.807, 2.05) is 24.3 Å². The van der Waals surface area contributed by atoms with Gasteiger partial charge in [0, 0.05) is 12.1 Å². The number of rotatable bonds is 2. The van der Waals surface area contributed by atoms with E-state index < -0.39 is 0 Å². The van der Waals surface area contributed by atoms with Crippen LogP contribution in [0.2, 0.25) is 0 Å². The first-order valence-electron chi connectivity index (χ1n) is 7.81. The predicted molar refractivity (Wildman–Crippen MR) is 93.6 cm³/mol. The Balaban J connectivity index is 1.82. The van der Waals surface area contributed by atoms with Gasteiger partial charge in [-0.05, 0) is 35.7 Å². The fourth-order valence-electron chi connectivity index (χ4n) is 3.00. The first-order chi connectivity index (χ1) is 11.3. The largest absolute Gasteiger partial charge is 0.435 e. The Hall–Kier alpha value is -2.87. The van der Waals surface area contributed by atoms with Crippen LogP contribution in [0, 0.1) is 6.92 Å². The summed E-state index contributed by atoms with van der Waals surface area (Å²) in [7, 11) is 0. The van der Waals surface area contributed by atoms with Crippen LogP contribution in [0.15, 0.2) is 72.8 Å². The maximum absolute atomic E-state index is 6.01. The van der Waals surface area contributed by atoms with Crippen molar-refractivity contribution < 1.29 is 9.31 Å². The molecule has 0 spiro atoms. The van der Waals surface area contributed by atoms with Gasteiger partial charge < -0.3 is 4.74 Å². The molecule has 4 rings (SSSR count). The second-order valence-corrected chi connectivity index (χ2v) is 5.79. The molecule has 0 atom stereocenters. The highest BCUT2D eigenvalue weighted by atomic mass is 16.5. The van der Waals surface area contributed by atoms with Crippen LogP contribution in [0.5, 0.6) is 5.75 Å². The van der Waals surface area contributed by atoms with Gasteiger partial charge >= 0.3 is 0 Å². The van der Waals surface area contributed by atoms with Crippen LogP contribution in [-0.4, -0.2) is 17.5 Å². The molecule has 0 aromatic heterocycles. The lowest BCUT2D eigenvalue weighted by Crippen LogP contribution is -2.21. The maximum Gasteiger partial charge on any atom is 0.292 e. The minimum absolute atomic E-state index is 0.544. The molecule has 112 valence electrons. The van der Waals surface area contributed by atoms with Gasteiger partial charge in [0.25, 0.3) is 6.73 Å². The molecule has 0 saturated carbocycles. The van der Waals surface area contributed by atoms with Crippen LogP contribution in [0.1, 0.15) is 11.1 Å². The number of nitrogens with zero attached hydrogens (tertiary/aromatic N) is 1. The fourth-order valence-corrected chi connectivity index (χ4v) is 3.00. The summed E-state index contributed by atoms with van der Waals surface area (Å²) in [4.78, 5) is 0. The zero-order valence-corrected chi connectivity index (χ0v) is 13.1. The maximum atomic E-state index is 6.01. The van der Waals surface area contributed by atoms with Gasteiger partial charge in [-0.3, -0.25) is 0 Å². The van der Waals surface area contributed by atoms with Crippen molar-refractivity contribution in [3.63, 3.8) is 0 Å². The first-order valence-corrected chi connectivity index (χ1v) is 7.81. The van der Waals surface area contributed by atoms with E-state index >= 15 is 0 Å². The number of hydrogen-bond acceptors (Lipinski definition) is 1. The molecule has 1 aliphatic rings. The van der Waals surface area contributed by atoms with E-state index in [1.54, 1.807) is 0 Å². The molecule has 23 heavy (non-hydrogen) atoms. The minimum atomic E-state index is 0.544. The summed E-state index contributed by atoms with van der Waals surface area (Å²) in [5.74, 6) is 0.983. The van der Waals surface area contributed by atoms with Crippen LogP contribution in [0.3, 0.4) is 0 Å². The van der Waals surface area contributed by atoms with Crippen molar-refractivity contribution >= 4 is 11.9 Å². The Kier molecular flexibility index (Phi) is 3.43. The highest BCUT2D eigenvalue weighted by Gasteiger charge is 2.21. The molecule has 0 N–H and O–H groups in total. The number of benzene rings is 3. The molecule has 2 nitrogen and oxygen atoms in total. The summed E-state index contributed by atoms with van der Waals surface area (Å²) < 4.78 is 8.14. The Labute approximate surface area is 136 Å². The van der Waals surface area contributed by atoms with Crippen molar-refractivity contribution in [2.75, 3.05) is 6.73 Å². The highest BCUT2D eigenvalue weighted by molar-refractivity contribution is 5.85. The molecule has 0 amide bonds. The van der Waals surface area contributed by atoms with Crippen LogP contribution >= 0.6 is 0 Å². The molecule has 2 heteroatoms. The van der Waals surface area contributed by atoms with E-state index in [9.17, 15) is 0 Å². The van der Waals surface area contributed by atoms with Gasteiger partial charge in [0.1, 0.15) is 5.75 Å². The van der Waals surface area contributed by atoms with E-state index in [2.05, 4.69) is 66.2 Å². The van der Waals surface area contributed by atoms with E-state index in [-0.39, 0.29) is 0 Å². The summed E-state index contributed by atoms with van der Waals surface area (Å²) >= 11 is 0. The lowest BCUT2D eigenvalue weighted by Gasteiger charge is -2.17. The Morgan fingerprint density at radius 1 is 0.826 bits per heavy atom. The van der Waals surface area contributed by atoms with E-state index in [1.165, 1.54) is 16.7 Å². The molecule has 3 aromatic rings. The van der Waals surface area contributed by atoms with Gasteiger partial charge in [0.05, 0.1) is 5.56 Å². The van der Waals surface area contributed by atoms with Gasteiger partial charge in [-0.15, -0.1) is 0 Å². The quantitative estimate of drug-likeness (QED) is 0.621. The van der Waals surface area contributed by atoms with Crippen molar-refractivity contribution in [1.82, 2.24) is 0 Å². The predicted octanol–water partition coefficient (Wildman–Crippen LogP) is 4.78. The van der Waals surface area contributed by atoms with Gasteiger partial charge in [0.2, 0.25) is 5.69 Å². The van der Waals surface area contributed by atoms with Crippen LogP contribution in [0.4, 0.5) is 5.69 Å². The van der Waals surface area contributed by atoms with Crippen molar-refractivity contribution in [2.45, 2.75) is 6.92 Å². The molecule has 3 aromatic carbocycles. The summed E-state index contributed by atoms with van der Waals surface area (Å²) in [5.41, 5.74) is 5.88. The van der Waals surface area contributed by atoms with Gasteiger partial charge in [0.15, 0.2) is 6.21 Å².